The maximum atomic E-state index is 6.14. The van der Waals surface area contributed by atoms with Crippen molar-refractivity contribution in [2.24, 2.45) is 5.73 Å². The molecule has 1 aromatic rings. The molecule has 1 aliphatic rings. The molecular weight excluding hydrogens is 250 g/mol. The predicted octanol–water partition coefficient (Wildman–Crippen LogP) is 2.45. The number of nitrogens with two attached hydrogens (primary N) is 1. The van der Waals surface area contributed by atoms with Crippen molar-refractivity contribution in [3.8, 4) is 0 Å². The second-order valence-electron chi connectivity index (χ2n) is 5.40. The van der Waals surface area contributed by atoms with E-state index in [1.807, 2.05) is 0 Å². The summed E-state index contributed by atoms with van der Waals surface area (Å²) in [7, 11) is 0. The highest BCUT2D eigenvalue weighted by Gasteiger charge is 2.14. The molecule has 1 unspecified atom stereocenters. The van der Waals surface area contributed by atoms with Gasteiger partial charge >= 0.3 is 0 Å². The number of rotatable bonds is 7. The van der Waals surface area contributed by atoms with Crippen molar-refractivity contribution < 1.29 is 4.74 Å². The second kappa shape index (κ2) is 8.12. The Kier molecular flexibility index (Phi) is 6.15. The third kappa shape index (κ3) is 4.39. The van der Waals surface area contributed by atoms with E-state index >= 15 is 0 Å². The van der Waals surface area contributed by atoms with Crippen LogP contribution in [0.3, 0.4) is 0 Å². The molecule has 0 radical (unpaired) electrons. The normalized spacial score (nSPS) is 17.0. The van der Waals surface area contributed by atoms with E-state index in [9.17, 15) is 0 Å². The lowest BCUT2D eigenvalue weighted by Crippen LogP contribution is -2.37. The molecule has 2 rings (SSSR count). The van der Waals surface area contributed by atoms with Crippen LogP contribution in [0.2, 0.25) is 0 Å². The van der Waals surface area contributed by atoms with Crippen molar-refractivity contribution in [2.45, 2.75) is 32.2 Å². The molecule has 0 spiro atoms. The molecule has 1 atom stereocenters. The maximum Gasteiger partial charge on any atom is 0.0642 e. The Balaban J connectivity index is 1.93. The van der Waals surface area contributed by atoms with Crippen LogP contribution in [0.4, 0.5) is 11.4 Å². The van der Waals surface area contributed by atoms with Crippen molar-refractivity contribution in [3.63, 3.8) is 0 Å². The van der Waals surface area contributed by atoms with E-state index in [1.165, 1.54) is 24.2 Å². The van der Waals surface area contributed by atoms with Crippen molar-refractivity contribution in [1.29, 1.82) is 0 Å². The largest absolute Gasteiger partial charge is 0.382 e. The summed E-state index contributed by atoms with van der Waals surface area (Å²) >= 11 is 0. The SMILES string of the molecule is CCCCC(N)CNc1ccccc1N1CCOCC1. The first-order chi connectivity index (χ1) is 9.81. The minimum absolute atomic E-state index is 0.229. The zero-order valence-corrected chi connectivity index (χ0v) is 12.5. The minimum Gasteiger partial charge on any atom is -0.382 e. The molecule has 0 amide bonds. The molecule has 4 heteroatoms. The molecular formula is C16H27N3O. The topological polar surface area (TPSA) is 50.5 Å². The fourth-order valence-corrected chi connectivity index (χ4v) is 2.51. The molecule has 0 saturated carbocycles. The highest BCUT2D eigenvalue weighted by atomic mass is 16.5. The number of anilines is 2. The zero-order chi connectivity index (χ0) is 14.2. The quantitative estimate of drug-likeness (QED) is 0.804. The number of para-hydroxylation sites is 2. The number of unbranched alkanes of at least 4 members (excludes halogenated alkanes) is 1. The molecule has 1 fully saturated rings. The molecule has 20 heavy (non-hydrogen) atoms. The van der Waals surface area contributed by atoms with E-state index in [1.54, 1.807) is 0 Å². The Hall–Kier alpha value is -1.26. The number of ether oxygens (including phenoxy) is 1. The average Bonchev–Trinajstić information content (AvgIpc) is 2.52. The average molecular weight is 277 g/mol. The molecule has 1 heterocycles. The summed E-state index contributed by atoms with van der Waals surface area (Å²) in [5.74, 6) is 0. The molecule has 1 aromatic carbocycles. The summed E-state index contributed by atoms with van der Waals surface area (Å²) in [4.78, 5) is 2.38. The summed E-state index contributed by atoms with van der Waals surface area (Å²) in [6.45, 7) is 6.57. The van der Waals surface area contributed by atoms with Gasteiger partial charge in [0.2, 0.25) is 0 Å². The van der Waals surface area contributed by atoms with E-state index in [2.05, 4.69) is 41.4 Å². The van der Waals surface area contributed by atoms with Crippen LogP contribution in [-0.4, -0.2) is 38.9 Å². The fraction of sp³-hybridized carbons (Fsp3) is 0.625. The number of hydrogen-bond donors (Lipinski definition) is 2. The first kappa shape index (κ1) is 15.1. The number of morpholine rings is 1. The van der Waals surface area contributed by atoms with Crippen LogP contribution >= 0.6 is 0 Å². The van der Waals surface area contributed by atoms with Gasteiger partial charge in [-0.1, -0.05) is 31.9 Å². The van der Waals surface area contributed by atoms with Gasteiger partial charge in [0.15, 0.2) is 0 Å². The standard InChI is InChI=1S/C16H27N3O/c1-2-3-6-14(17)13-18-15-7-4-5-8-16(15)19-9-11-20-12-10-19/h4-5,7-8,14,18H,2-3,6,9-13,17H2,1H3. The van der Waals surface area contributed by atoms with Crippen LogP contribution in [0.5, 0.6) is 0 Å². The van der Waals surface area contributed by atoms with Gasteiger partial charge in [-0.15, -0.1) is 0 Å². The fourth-order valence-electron chi connectivity index (χ4n) is 2.51. The third-order valence-corrected chi connectivity index (χ3v) is 3.74. The highest BCUT2D eigenvalue weighted by Crippen LogP contribution is 2.26. The molecule has 4 nitrogen and oxygen atoms in total. The van der Waals surface area contributed by atoms with Crippen LogP contribution in [0, 0.1) is 0 Å². The second-order valence-corrected chi connectivity index (χ2v) is 5.40. The van der Waals surface area contributed by atoms with E-state index in [0.717, 1.165) is 39.3 Å². The number of benzene rings is 1. The first-order valence-electron chi connectivity index (χ1n) is 7.72. The van der Waals surface area contributed by atoms with Crippen LogP contribution in [0.15, 0.2) is 24.3 Å². The Morgan fingerprint density at radius 1 is 1.30 bits per heavy atom. The smallest absolute Gasteiger partial charge is 0.0642 e. The number of nitrogens with zero attached hydrogens (tertiary/aromatic N) is 1. The lowest BCUT2D eigenvalue weighted by Gasteiger charge is -2.31. The lowest BCUT2D eigenvalue weighted by atomic mass is 10.1. The van der Waals surface area contributed by atoms with E-state index < -0.39 is 0 Å². The van der Waals surface area contributed by atoms with Gasteiger partial charge < -0.3 is 20.7 Å². The Labute approximate surface area is 122 Å². The summed E-state index contributed by atoms with van der Waals surface area (Å²) < 4.78 is 5.42. The molecule has 112 valence electrons. The maximum absolute atomic E-state index is 6.14. The molecule has 1 aliphatic heterocycles. The van der Waals surface area contributed by atoms with Gasteiger partial charge in [-0.2, -0.15) is 0 Å². The Bertz CT molecular complexity index is 391. The van der Waals surface area contributed by atoms with Crippen molar-refractivity contribution in [2.75, 3.05) is 43.1 Å². The first-order valence-corrected chi connectivity index (χ1v) is 7.72. The van der Waals surface area contributed by atoms with E-state index in [-0.39, 0.29) is 6.04 Å². The van der Waals surface area contributed by atoms with Gasteiger partial charge in [0, 0.05) is 25.7 Å². The van der Waals surface area contributed by atoms with Crippen molar-refractivity contribution in [3.05, 3.63) is 24.3 Å². The van der Waals surface area contributed by atoms with Gasteiger partial charge in [-0.05, 0) is 18.6 Å². The molecule has 1 saturated heterocycles. The Morgan fingerprint density at radius 3 is 2.80 bits per heavy atom. The minimum atomic E-state index is 0.229. The van der Waals surface area contributed by atoms with Crippen LogP contribution in [0.25, 0.3) is 0 Å². The summed E-state index contributed by atoms with van der Waals surface area (Å²) in [6.07, 6.45) is 3.50. The molecule has 0 aromatic heterocycles. The van der Waals surface area contributed by atoms with Gasteiger partial charge in [0.25, 0.3) is 0 Å². The lowest BCUT2D eigenvalue weighted by molar-refractivity contribution is 0.123. The van der Waals surface area contributed by atoms with Crippen molar-refractivity contribution >= 4 is 11.4 Å². The van der Waals surface area contributed by atoms with E-state index in [0.29, 0.717) is 0 Å². The molecule has 0 aliphatic carbocycles. The van der Waals surface area contributed by atoms with Crippen LogP contribution < -0.4 is 16.0 Å². The number of hydrogen-bond acceptors (Lipinski definition) is 4. The van der Waals surface area contributed by atoms with Gasteiger partial charge in [0.1, 0.15) is 0 Å². The third-order valence-electron chi connectivity index (χ3n) is 3.74. The Morgan fingerprint density at radius 2 is 2.05 bits per heavy atom. The molecule has 3 N–H and O–H groups in total. The highest BCUT2D eigenvalue weighted by molar-refractivity contribution is 5.70. The summed E-state index contributed by atoms with van der Waals surface area (Å²) in [5, 5.41) is 3.51. The van der Waals surface area contributed by atoms with Gasteiger partial charge in [-0.3, -0.25) is 0 Å². The van der Waals surface area contributed by atoms with Crippen LogP contribution in [-0.2, 0) is 4.74 Å². The van der Waals surface area contributed by atoms with Crippen molar-refractivity contribution in [1.82, 2.24) is 0 Å². The zero-order valence-electron chi connectivity index (χ0n) is 12.5. The monoisotopic (exact) mass is 277 g/mol. The van der Waals surface area contributed by atoms with E-state index in [4.69, 9.17) is 10.5 Å². The van der Waals surface area contributed by atoms with Gasteiger partial charge in [0.05, 0.1) is 24.6 Å². The van der Waals surface area contributed by atoms with Crippen LogP contribution in [0.1, 0.15) is 26.2 Å². The summed E-state index contributed by atoms with van der Waals surface area (Å²) in [5.41, 5.74) is 8.58. The molecule has 0 bridgehead atoms. The van der Waals surface area contributed by atoms with Gasteiger partial charge in [-0.25, -0.2) is 0 Å². The predicted molar refractivity (Wildman–Crippen MR) is 85.5 cm³/mol. The summed E-state index contributed by atoms with van der Waals surface area (Å²) in [6, 6.07) is 8.70. The number of nitrogens with one attached hydrogen (secondary N) is 1.